The Labute approximate surface area is 83.5 Å². The van der Waals surface area contributed by atoms with Crippen molar-refractivity contribution in [3.63, 3.8) is 0 Å². The van der Waals surface area contributed by atoms with Gasteiger partial charge in [0.05, 0.1) is 0 Å². The third-order valence-corrected chi connectivity index (χ3v) is 3.51. The highest BCUT2D eigenvalue weighted by Crippen LogP contribution is 2.26. The molecule has 1 nitrogen and oxygen atoms in total. The van der Waals surface area contributed by atoms with E-state index in [0.29, 0.717) is 5.25 Å². The van der Waals surface area contributed by atoms with Gasteiger partial charge in [0, 0.05) is 5.25 Å². The van der Waals surface area contributed by atoms with Crippen LogP contribution < -0.4 is 4.74 Å². The van der Waals surface area contributed by atoms with Crippen molar-refractivity contribution in [3.8, 4) is 5.75 Å². The third-order valence-electron chi connectivity index (χ3n) is 2.14. The molecular formula is C11H13OS. The van der Waals surface area contributed by atoms with Crippen molar-refractivity contribution in [2.45, 2.75) is 18.1 Å². The molecule has 1 heterocycles. The van der Waals surface area contributed by atoms with Crippen LogP contribution in [0.15, 0.2) is 24.3 Å². The van der Waals surface area contributed by atoms with Crippen LogP contribution in [0.4, 0.5) is 0 Å². The van der Waals surface area contributed by atoms with Gasteiger partial charge in [0.15, 0.2) is 0 Å². The Morgan fingerprint density at radius 3 is 3.31 bits per heavy atom. The van der Waals surface area contributed by atoms with E-state index >= 15 is 0 Å². The number of thioether (sulfide) groups is 1. The largest absolute Gasteiger partial charge is 0.492 e. The molecule has 69 valence electrons. The van der Waals surface area contributed by atoms with Gasteiger partial charge in [-0.2, -0.15) is 11.8 Å². The molecule has 1 atom stereocenters. The average Bonchev–Trinajstić information content (AvgIpc) is 2.69. The first-order valence-corrected chi connectivity index (χ1v) is 5.70. The maximum absolute atomic E-state index is 5.64. The topological polar surface area (TPSA) is 9.23 Å². The molecule has 1 radical (unpaired) electrons. The van der Waals surface area contributed by atoms with Crippen molar-refractivity contribution < 1.29 is 4.74 Å². The molecule has 1 aliphatic heterocycles. The molecule has 13 heavy (non-hydrogen) atoms. The average molecular weight is 193 g/mol. The Bertz CT molecular complexity index is 242. The normalized spacial score (nSPS) is 21.7. The molecular weight excluding hydrogens is 180 g/mol. The van der Waals surface area contributed by atoms with Crippen molar-refractivity contribution in [2.24, 2.45) is 0 Å². The standard InChI is InChI=1S/C11H13OS/c1-2-5-10(6-3-1)12-9-11-7-4-8-13-11/h1-2,5-6,11H,4,7-9H2. The van der Waals surface area contributed by atoms with E-state index < -0.39 is 0 Å². The molecule has 1 fully saturated rings. The minimum Gasteiger partial charge on any atom is -0.492 e. The van der Waals surface area contributed by atoms with Gasteiger partial charge in [-0.1, -0.05) is 12.1 Å². The van der Waals surface area contributed by atoms with Gasteiger partial charge >= 0.3 is 0 Å². The lowest BCUT2D eigenvalue weighted by Gasteiger charge is -2.10. The number of benzene rings is 1. The number of hydrogen-bond acceptors (Lipinski definition) is 2. The molecule has 1 saturated heterocycles. The molecule has 0 spiro atoms. The quantitative estimate of drug-likeness (QED) is 0.730. The van der Waals surface area contributed by atoms with E-state index in [4.69, 9.17) is 4.74 Å². The molecule has 0 saturated carbocycles. The predicted molar refractivity (Wildman–Crippen MR) is 56.3 cm³/mol. The minimum absolute atomic E-state index is 0.709. The van der Waals surface area contributed by atoms with Crippen molar-refractivity contribution >= 4 is 11.8 Å². The van der Waals surface area contributed by atoms with Gasteiger partial charge in [-0.05, 0) is 36.8 Å². The summed E-state index contributed by atoms with van der Waals surface area (Å²) in [5, 5.41) is 0.709. The Kier molecular flexibility index (Phi) is 3.14. The smallest absolute Gasteiger partial charge is 0.119 e. The van der Waals surface area contributed by atoms with E-state index in [9.17, 15) is 0 Å². The summed E-state index contributed by atoms with van der Waals surface area (Å²) in [6, 6.07) is 10.7. The lowest BCUT2D eigenvalue weighted by Crippen LogP contribution is -2.10. The van der Waals surface area contributed by atoms with Crippen LogP contribution in [0.2, 0.25) is 0 Å². The summed E-state index contributed by atoms with van der Waals surface area (Å²) in [5.74, 6) is 2.24. The third kappa shape index (κ3) is 2.66. The van der Waals surface area contributed by atoms with Gasteiger partial charge < -0.3 is 4.74 Å². The maximum atomic E-state index is 5.64. The molecule has 2 heteroatoms. The molecule has 0 aromatic heterocycles. The van der Waals surface area contributed by atoms with E-state index in [1.165, 1.54) is 18.6 Å². The summed E-state index contributed by atoms with van der Waals surface area (Å²) in [5.41, 5.74) is 0. The van der Waals surface area contributed by atoms with Crippen LogP contribution in [-0.4, -0.2) is 17.6 Å². The van der Waals surface area contributed by atoms with Crippen LogP contribution in [0.1, 0.15) is 12.8 Å². The van der Waals surface area contributed by atoms with E-state index in [2.05, 4.69) is 6.07 Å². The van der Waals surface area contributed by atoms with Crippen molar-refractivity contribution in [1.29, 1.82) is 0 Å². The fourth-order valence-corrected chi connectivity index (χ4v) is 2.60. The Balaban J connectivity index is 1.79. The van der Waals surface area contributed by atoms with Crippen molar-refractivity contribution in [1.82, 2.24) is 0 Å². The first-order chi connectivity index (χ1) is 6.45. The highest BCUT2D eigenvalue weighted by atomic mass is 32.2. The molecule has 1 aromatic carbocycles. The Hall–Kier alpha value is -0.630. The molecule has 0 N–H and O–H groups in total. The Morgan fingerprint density at radius 1 is 1.62 bits per heavy atom. The SMILES string of the molecule is [c]1cccc(OCC2CCCS2)c1. The van der Waals surface area contributed by atoms with Crippen LogP contribution >= 0.6 is 11.8 Å². The maximum Gasteiger partial charge on any atom is 0.119 e. The summed E-state index contributed by atoms with van der Waals surface area (Å²) in [4.78, 5) is 0. The first-order valence-electron chi connectivity index (χ1n) is 4.66. The second-order valence-corrected chi connectivity index (χ2v) is 4.59. The predicted octanol–water partition coefficient (Wildman–Crippen LogP) is 2.76. The summed E-state index contributed by atoms with van der Waals surface area (Å²) in [6.45, 7) is 0.850. The zero-order valence-corrected chi connectivity index (χ0v) is 8.35. The summed E-state index contributed by atoms with van der Waals surface area (Å²) in [7, 11) is 0. The fourth-order valence-electron chi connectivity index (χ4n) is 1.43. The summed E-state index contributed by atoms with van der Waals surface area (Å²) < 4.78 is 5.64. The highest BCUT2D eigenvalue weighted by Gasteiger charge is 2.15. The molecule has 1 aromatic rings. The van der Waals surface area contributed by atoms with Gasteiger partial charge in [-0.25, -0.2) is 0 Å². The van der Waals surface area contributed by atoms with Gasteiger partial charge in [0.2, 0.25) is 0 Å². The first kappa shape index (κ1) is 8.95. The lowest BCUT2D eigenvalue weighted by atomic mass is 10.3. The van der Waals surface area contributed by atoms with Gasteiger partial charge in [-0.3, -0.25) is 0 Å². The van der Waals surface area contributed by atoms with Gasteiger partial charge in [0.25, 0.3) is 0 Å². The Morgan fingerprint density at radius 2 is 2.62 bits per heavy atom. The van der Waals surface area contributed by atoms with Crippen LogP contribution in [0.25, 0.3) is 0 Å². The summed E-state index contributed by atoms with van der Waals surface area (Å²) >= 11 is 2.03. The zero-order chi connectivity index (χ0) is 8.93. The van der Waals surface area contributed by atoms with Gasteiger partial charge in [-0.15, -0.1) is 0 Å². The van der Waals surface area contributed by atoms with Crippen LogP contribution in [0, 0.1) is 6.07 Å². The molecule has 1 aliphatic rings. The minimum atomic E-state index is 0.709. The van der Waals surface area contributed by atoms with Crippen LogP contribution in [0.5, 0.6) is 5.75 Å². The van der Waals surface area contributed by atoms with E-state index in [0.717, 1.165) is 12.4 Å². The second-order valence-electron chi connectivity index (χ2n) is 3.19. The number of rotatable bonds is 3. The van der Waals surface area contributed by atoms with Crippen molar-refractivity contribution in [3.05, 3.63) is 30.3 Å². The summed E-state index contributed by atoms with van der Waals surface area (Å²) in [6.07, 6.45) is 2.65. The van der Waals surface area contributed by atoms with Crippen molar-refractivity contribution in [2.75, 3.05) is 12.4 Å². The number of hydrogen-bond donors (Lipinski definition) is 0. The van der Waals surface area contributed by atoms with E-state index in [1.807, 2.05) is 36.0 Å². The zero-order valence-electron chi connectivity index (χ0n) is 7.53. The lowest BCUT2D eigenvalue weighted by molar-refractivity contribution is 0.315. The molecule has 1 unspecified atom stereocenters. The fraction of sp³-hybridized carbons (Fsp3) is 0.455. The van der Waals surface area contributed by atoms with Crippen LogP contribution in [0.3, 0.4) is 0 Å². The van der Waals surface area contributed by atoms with E-state index in [1.54, 1.807) is 0 Å². The highest BCUT2D eigenvalue weighted by molar-refractivity contribution is 8.00. The monoisotopic (exact) mass is 193 g/mol. The van der Waals surface area contributed by atoms with Crippen LogP contribution in [-0.2, 0) is 0 Å². The molecule has 0 bridgehead atoms. The van der Waals surface area contributed by atoms with E-state index in [-0.39, 0.29) is 0 Å². The molecule has 0 aliphatic carbocycles. The molecule has 2 rings (SSSR count). The molecule has 0 amide bonds. The second kappa shape index (κ2) is 4.56. The number of ether oxygens (including phenoxy) is 1. The van der Waals surface area contributed by atoms with Gasteiger partial charge in [0.1, 0.15) is 12.4 Å².